The summed E-state index contributed by atoms with van der Waals surface area (Å²) >= 11 is 0. The zero-order valence-electron chi connectivity index (χ0n) is 13.0. The molecule has 2 heterocycles. The first-order valence-corrected chi connectivity index (χ1v) is 7.23. The lowest BCUT2D eigenvalue weighted by atomic mass is 10.2. The van der Waals surface area contributed by atoms with E-state index < -0.39 is 17.8 Å². The van der Waals surface area contributed by atoms with E-state index in [0.717, 1.165) is 6.07 Å². The van der Waals surface area contributed by atoms with E-state index in [1.54, 1.807) is 18.2 Å². The second-order valence-corrected chi connectivity index (χ2v) is 5.25. The zero-order chi connectivity index (χ0) is 18.0. The first-order chi connectivity index (χ1) is 11.8. The minimum atomic E-state index is -4.57. The van der Waals surface area contributed by atoms with Crippen molar-refractivity contribution in [1.82, 2.24) is 25.3 Å². The molecule has 2 aromatic heterocycles. The highest BCUT2D eigenvalue weighted by molar-refractivity contribution is 5.97. The van der Waals surface area contributed by atoms with Crippen molar-refractivity contribution < 1.29 is 18.0 Å². The Labute approximate surface area is 140 Å². The van der Waals surface area contributed by atoms with E-state index in [9.17, 15) is 18.0 Å². The molecule has 0 aliphatic carbocycles. The van der Waals surface area contributed by atoms with Crippen LogP contribution in [0.4, 0.5) is 13.2 Å². The van der Waals surface area contributed by atoms with E-state index in [1.165, 1.54) is 19.3 Å². The highest BCUT2D eigenvalue weighted by atomic mass is 19.4. The summed E-state index contributed by atoms with van der Waals surface area (Å²) in [7, 11) is 0. The minimum Gasteiger partial charge on any atom is -0.345 e. The maximum absolute atomic E-state index is 12.8. The fourth-order valence-corrected chi connectivity index (χ4v) is 2.22. The second-order valence-electron chi connectivity index (χ2n) is 5.25. The number of hydrogen-bond acceptors (Lipinski definition) is 5. The minimum absolute atomic E-state index is 0.110. The standard InChI is InChI=1S/C16H12F3N5O/c1-9-6-13(16(17,18)19)24-14(23-9)8-22-15(25)10-2-3-11-12(7-10)21-5-4-20-11/h2-7H,8H2,1H3,(H,22,25). The molecule has 0 atom stereocenters. The Bertz CT molecular complexity index is 942. The Morgan fingerprint density at radius 3 is 2.52 bits per heavy atom. The molecule has 9 heteroatoms. The van der Waals surface area contributed by atoms with Gasteiger partial charge < -0.3 is 5.32 Å². The SMILES string of the molecule is Cc1cc(C(F)(F)F)nc(CNC(=O)c2ccc3nccnc3c2)n1. The molecule has 3 rings (SSSR count). The number of halogens is 3. The molecule has 0 unspecified atom stereocenters. The summed E-state index contributed by atoms with van der Waals surface area (Å²) in [5.41, 5.74) is 0.631. The van der Waals surface area contributed by atoms with Gasteiger partial charge in [-0.3, -0.25) is 14.8 Å². The van der Waals surface area contributed by atoms with Gasteiger partial charge in [0, 0.05) is 23.7 Å². The van der Waals surface area contributed by atoms with Gasteiger partial charge in [-0.15, -0.1) is 0 Å². The van der Waals surface area contributed by atoms with Crippen LogP contribution >= 0.6 is 0 Å². The van der Waals surface area contributed by atoms with Crippen LogP contribution in [-0.4, -0.2) is 25.8 Å². The number of alkyl halides is 3. The number of carbonyl (C=O) groups excluding carboxylic acids is 1. The van der Waals surface area contributed by atoms with Crippen LogP contribution in [0.2, 0.25) is 0 Å². The Morgan fingerprint density at radius 2 is 1.80 bits per heavy atom. The van der Waals surface area contributed by atoms with Gasteiger partial charge in [0.15, 0.2) is 0 Å². The van der Waals surface area contributed by atoms with Gasteiger partial charge in [-0.25, -0.2) is 9.97 Å². The summed E-state index contributed by atoms with van der Waals surface area (Å²) in [6, 6.07) is 5.61. The largest absolute Gasteiger partial charge is 0.433 e. The molecule has 3 aromatic rings. The van der Waals surface area contributed by atoms with Crippen molar-refractivity contribution in [1.29, 1.82) is 0 Å². The molecule has 0 radical (unpaired) electrons. The topological polar surface area (TPSA) is 80.7 Å². The molecule has 0 aliphatic rings. The van der Waals surface area contributed by atoms with E-state index in [1.807, 2.05) is 0 Å². The Hall–Kier alpha value is -3.10. The number of fused-ring (bicyclic) bond motifs is 1. The van der Waals surface area contributed by atoms with E-state index in [2.05, 4.69) is 25.3 Å². The van der Waals surface area contributed by atoms with Gasteiger partial charge in [0.2, 0.25) is 0 Å². The Balaban J connectivity index is 1.76. The molecular weight excluding hydrogens is 335 g/mol. The third-order valence-corrected chi connectivity index (χ3v) is 3.33. The predicted molar refractivity (Wildman–Crippen MR) is 82.5 cm³/mol. The number of hydrogen-bond donors (Lipinski definition) is 1. The zero-order valence-corrected chi connectivity index (χ0v) is 13.0. The summed E-state index contributed by atoms with van der Waals surface area (Å²) < 4.78 is 38.3. The fourth-order valence-electron chi connectivity index (χ4n) is 2.22. The maximum Gasteiger partial charge on any atom is 0.433 e. The smallest absolute Gasteiger partial charge is 0.345 e. The fraction of sp³-hybridized carbons (Fsp3) is 0.188. The van der Waals surface area contributed by atoms with Gasteiger partial charge in [0.05, 0.1) is 17.6 Å². The molecule has 1 N–H and O–H groups in total. The number of benzene rings is 1. The highest BCUT2D eigenvalue weighted by Crippen LogP contribution is 2.27. The van der Waals surface area contributed by atoms with Crippen LogP contribution in [0.15, 0.2) is 36.7 Å². The van der Waals surface area contributed by atoms with Gasteiger partial charge in [0.25, 0.3) is 5.91 Å². The Morgan fingerprint density at radius 1 is 1.08 bits per heavy atom. The van der Waals surface area contributed by atoms with Crippen LogP contribution in [0.3, 0.4) is 0 Å². The molecule has 25 heavy (non-hydrogen) atoms. The third-order valence-electron chi connectivity index (χ3n) is 3.33. The monoisotopic (exact) mass is 347 g/mol. The summed E-state index contributed by atoms with van der Waals surface area (Å²) in [4.78, 5) is 27.8. The number of aromatic nitrogens is 4. The van der Waals surface area contributed by atoms with E-state index in [0.29, 0.717) is 16.6 Å². The average molecular weight is 347 g/mol. The summed E-state index contributed by atoms with van der Waals surface area (Å²) in [6.45, 7) is 1.21. The number of nitrogens with one attached hydrogen (secondary N) is 1. The Kier molecular flexibility index (Phi) is 4.30. The molecule has 0 fully saturated rings. The van der Waals surface area contributed by atoms with Crippen molar-refractivity contribution in [2.24, 2.45) is 0 Å². The van der Waals surface area contributed by atoms with Crippen LogP contribution in [0.1, 0.15) is 27.6 Å². The van der Waals surface area contributed by atoms with Crippen molar-refractivity contribution in [3.63, 3.8) is 0 Å². The van der Waals surface area contributed by atoms with Crippen molar-refractivity contribution in [2.75, 3.05) is 0 Å². The van der Waals surface area contributed by atoms with Crippen LogP contribution in [0.5, 0.6) is 0 Å². The molecular formula is C16H12F3N5O. The lowest BCUT2D eigenvalue weighted by Crippen LogP contribution is -2.25. The second kappa shape index (κ2) is 6.42. The van der Waals surface area contributed by atoms with Crippen molar-refractivity contribution in [2.45, 2.75) is 19.6 Å². The van der Waals surface area contributed by atoms with Gasteiger partial charge in [-0.1, -0.05) is 0 Å². The molecule has 1 amide bonds. The molecule has 1 aromatic carbocycles. The lowest BCUT2D eigenvalue weighted by Gasteiger charge is -2.10. The summed E-state index contributed by atoms with van der Waals surface area (Å²) in [5.74, 6) is -0.576. The van der Waals surface area contributed by atoms with Gasteiger partial charge in [0.1, 0.15) is 11.5 Å². The number of nitrogens with zero attached hydrogens (tertiary/aromatic N) is 4. The molecule has 0 bridgehead atoms. The van der Waals surface area contributed by atoms with Crippen LogP contribution in [-0.2, 0) is 12.7 Å². The summed E-state index contributed by atoms with van der Waals surface area (Å²) in [5, 5.41) is 2.51. The van der Waals surface area contributed by atoms with E-state index in [-0.39, 0.29) is 18.1 Å². The highest BCUT2D eigenvalue weighted by Gasteiger charge is 2.33. The molecule has 0 aliphatic heterocycles. The predicted octanol–water partition coefficient (Wildman–Crippen LogP) is 2.68. The molecule has 0 saturated carbocycles. The van der Waals surface area contributed by atoms with Gasteiger partial charge in [-0.2, -0.15) is 13.2 Å². The summed E-state index contributed by atoms with van der Waals surface area (Å²) in [6.07, 6.45) is -1.53. The first kappa shape index (κ1) is 16.7. The van der Waals surface area contributed by atoms with Crippen LogP contribution in [0, 0.1) is 6.92 Å². The molecule has 6 nitrogen and oxygen atoms in total. The van der Waals surface area contributed by atoms with Crippen LogP contribution in [0.25, 0.3) is 11.0 Å². The normalized spacial score (nSPS) is 11.5. The quantitative estimate of drug-likeness (QED) is 0.788. The average Bonchev–Trinajstić information content (AvgIpc) is 2.58. The number of carbonyl (C=O) groups is 1. The van der Waals surface area contributed by atoms with Crippen molar-refractivity contribution >= 4 is 16.9 Å². The van der Waals surface area contributed by atoms with Gasteiger partial charge >= 0.3 is 6.18 Å². The van der Waals surface area contributed by atoms with E-state index in [4.69, 9.17) is 0 Å². The lowest BCUT2D eigenvalue weighted by molar-refractivity contribution is -0.141. The number of rotatable bonds is 3. The number of amides is 1. The number of aryl methyl sites for hydroxylation is 1. The van der Waals surface area contributed by atoms with Crippen molar-refractivity contribution in [3.8, 4) is 0 Å². The third kappa shape index (κ3) is 3.87. The van der Waals surface area contributed by atoms with Gasteiger partial charge in [-0.05, 0) is 31.2 Å². The molecule has 0 spiro atoms. The molecule has 128 valence electrons. The van der Waals surface area contributed by atoms with E-state index >= 15 is 0 Å². The molecule has 0 saturated heterocycles. The van der Waals surface area contributed by atoms with Crippen molar-refractivity contribution in [3.05, 3.63) is 59.4 Å². The van der Waals surface area contributed by atoms with Crippen LogP contribution < -0.4 is 5.32 Å². The maximum atomic E-state index is 12.8. The first-order valence-electron chi connectivity index (χ1n) is 7.23.